The normalized spacial score (nSPS) is 15.0. The molecule has 1 fully saturated rings. The predicted octanol–water partition coefficient (Wildman–Crippen LogP) is 2.70. The molecule has 0 aromatic heterocycles. The molecular weight excluding hydrogens is 260 g/mol. The summed E-state index contributed by atoms with van der Waals surface area (Å²) < 4.78 is 5.08. The Morgan fingerprint density at radius 3 is 2.47 bits per heavy atom. The molecule has 0 atom stereocenters. The van der Waals surface area contributed by atoms with Crippen LogP contribution in [0.3, 0.4) is 0 Å². The van der Waals surface area contributed by atoms with E-state index < -0.39 is 0 Å². The Morgan fingerprint density at radius 1 is 1.26 bits per heavy atom. The standard InChI is InChI=1S/C14H18N2O2S/c1-18-12-8-6-11(7-9-12)15-14(19)16-13(17)10-4-2-3-5-10/h6-10H,2-5H2,1H3,(H2,15,16,17,19). The van der Waals surface area contributed by atoms with Crippen LogP contribution in [-0.2, 0) is 4.79 Å². The van der Waals surface area contributed by atoms with E-state index in [0.717, 1.165) is 37.1 Å². The van der Waals surface area contributed by atoms with Crippen molar-refractivity contribution in [3.8, 4) is 5.75 Å². The van der Waals surface area contributed by atoms with Gasteiger partial charge in [0, 0.05) is 11.6 Å². The average Bonchev–Trinajstić information content (AvgIpc) is 2.93. The molecule has 0 unspecified atom stereocenters. The van der Waals surface area contributed by atoms with Crippen molar-refractivity contribution < 1.29 is 9.53 Å². The third-order valence-corrected chi connectivity index (χ3v) is 3.51. The number of carbonyl (C=O) groups excluding carboxylic acids is 1. The third kappa shape index (κ3) is 3.92. The van der Waals surface area contributed by atoms with Crippen molar-refractivity contribution in [2.24, 2.45) is 5.92 Å². The fourth-order valence-electron chi connectivity index (χ4n) is 2.24. The number of rotatable bonds is 3. The number of amides is 1. The maximum Gasteiger partial charge on any atom is 0.229 e. The summed E-state index contributed by atoms with van der Waals surface area (Å²) in [6, 6.07) is 7.38. The summed E-state index contributed by atoms with van der Waals surface area (Å²) in [4.78, 5) is 11.9. The number of benzene rings is 1. The van der Waals surface area contributed by atoms with E-state index in [-0.39, 0.29) is 11.8 Å². The maximum absolute atomic E-state index is 11.9. The van der Waals surface area contributed by atoms with Crippen LogP contribution in [0.15, 0.2) is 24.3 Å². The molecule has 1 aliphatic carbocycles. The number of thiocarbonyl (C=S) groups is 1. The van der Waals surface area contributed by atoms with Gasteiger partial charge in [0.25, 0.3) is 0 Å². The number of ether oxygens (including phenoxy) is 1. The van der Waals surface area contributed by atoms with Crippen LogP contribution in [-0.4, -0.2) is 18.1 Å². The highest BCUT2D eigenvalue weighted by Gasteiger charge is 2.23. The van der Waals surface area contributed by atoms with Gasteiger partial charge in [-0.25, -0.2) is 0 Å². The molecule has 0 radical (unpaired) electrons. The molecular formula is C14H18N2O2S. The van der Waals surface area contributed by atoms with E-state index in [0.29, 0.717) is 5.11 Å². The van der Waals surface area contributed by atoms with Gasteiger partial charge in [-0.1, -0.05) is 12.8 Å². The molecule has 102 valence electrons. The summed E-state index contributed by atoms with van der Waals surface area (Å²) in [6.07, 6.45) is 4.21. The molecule has 5 heteroatoms. The molecule has 4 nitrogen and oxygen atoms in total. The van der Waals surface area contributed by atoms with Gasteiger partial charge < -0.3 is 15.4 Å². The quantitative estimate of drug-likeness (QED) is 0.835. The maximum atomic E-state index is 11.9. The van der Waals surface area contributed by atoms with E-state index in [1.165, 1.54) is 0 Å². The summed E-state index contributed by atoms with van der Waals surface area (Å²) in [7, 11) is 1.62. The first-order valence-electron chi connectivity index (χ1n) is 6.45. The van der Waals surface area contributed by atoms with Crippen LogP contribution < -0.4 is 15.4 Å². The van der Waals surface area contributed by atoms with Gasteiger partial charge in [0.1, 0.15) is 5.75 Å². The van der Waals surface area contributed by atoms with Crippen molar-refractivity contribution in [1.29, 1.82) is 0 Å². The number of hydrogen-bond donors (Lipinski definition) is 2. The zero-order chi connectivity index (χ0) is 13.7. The van der Waals surface area contributed by atoms with E-state index in [1.54, 1.807) is 7.11 Å². The smallest absolute Gasteiger partial charge is 0.229 e. The lowest BCUT2D eigenvalue weighted by atomic mass is 10.1. The van der Waals surface area contributed by atoms with Crippen LogP contribution in [0.5, 0.6) is 5.75 Å². The minimum atomic E-state index is 0.0310. The van der Waals surface area contributed by atoms with Crippen molar-refractivity contribution in [3.63, 3.8) is 0 Å². The van der Waals surface area contributed by atoms with Crippen molar-refractivity contribution in [3.05, 3.63) is 24.3 Å². The summed E-state index contributed by atoms with van der Waals surface area (Å²) in [5.41, 5.74) is 0.831. The van der Waals surface area contributed by atoms with Gasteiger partial charge in [0.2, 0.25) is 5.91 Å². The second kappa shape index (κ2) is 6.52. The topological polar surface area (TPSA) is 50.4 Å². The summed E-state index contributed by atoms with van der Waals surface area (Å²) >= 11 is 5.13. The SMILES string of the molecule is COc1ccc(NC(=S)NC(=O)C2CCCC2)cc1. The molecule has 0 bridgehead atoms. The molecule has 19 heavy (non-hydrogen) atoms. The van der Waals surface area contributed by atoms with E-state index >= 15 is 0 Å². The van der Waals surface area contributed by atoms with Gasteiger partial charge in [-0.3, -0.25) is 4.79 Å². The summed E-state index contributed by atoms with van der Waals surface area (Å²) in [5.74, 6) is 0.936. The minimum absolute atomic E-state index is 0.0310. The molecule has 1 saturated carbocycles. The summed E-state index contributed by atoms with van der Waals surface area (Å²) in [6.45, 7) is 0. The van der Waals surface area contributed by atoms with Crippen LogP contribution in [0.1, 0.15) is 25.7 Å². The Bertz CT molecular complexity index is 453. The van der Waals surface area contributed by atoms with E-state index in [2.05, 4.69) is 10.6 Å². The van der Waals surface area contributed by atoms with Crippen LogP contribution in [0.25, 0.3) is 0 Å². The monoisotopic (exact) mass is 278 g/mol. The third-order valence-electron chi connectivity index (χ3n) is 3.31. The molecule has 0 saturated heterocycles. The number of hydrogen-bond acceptors (Lipinski definition) is 3. The van der Waals surface area contributed by atoms with Crippen LogP contribution in [0, 0.1) is 5.92 Å². The van der Waals surface area contributed by atoms with Gasteiger partial charge in [0.05, 0.1) is 7.11 Å². The highest BCUT2D eigenvalue weighted by molar-refractivity contribution is 7.80. The Hall–Kier alpha value is -1.62. The van der Waals surface area contributed by atoms with Crippen molar-refractivity contribution in [1.82, 2.24) is 5.32 Å². The van der Waals surface area contributed by atoms with Crippen LogP contribution in [0.4, 0.5) is 5.69 Å². The second-order valence-corrected chi connectivity index (χ2v) is 5.06. The van der Waals surface area contributed by atoms with E-state index in [1.807, 2.05) is 24.3 Å². The average molecular weight is 278 g/mol. The first kappa shape index (κ1) is 13.8. The number of methoxy groups -OCH3 is 1. The highest BCUT2D eigenvalue weighted by atomic mass is 32.1. The van der Waals surface area contributed by atoms with Crippen LogP contribution >= 0.6 is 12.2 Å². The lowest BCUT2D eigenvalue weighted by Crippen LogP contribution is -2.37. The van der Waals surface area contributed by atoms with Gasteiger partial charge in [-0.2, -0.15) is 0 Å². The zero-order valence-electron chi connectivity index (χ0n) is 10.9. The number of carbonyl (C=O) groups is 1. The van der Waals surface area contributed by atoms with Crippen molar-refractivity contribution in [2.45, 2.75) is 25.7 Å². The molecule has 0 spiro atoms. The molecule has 0 heterocycles. The Morgan fingerprint density at radius 2 is 1.89 bits per heavy atom. The number of anilines is 1. The Kier molecular flexibility index (Phi) is 4.74. The minimum Gasteiger partial charge on any atom is -0.497 e. The second-order valence-electron chi connectivity index (χ2n) is 4.65. The lowest BCUT2D eigenvalue weighted by molar-refractivity contribution is -0.123. The highest BCUT2D eigenvalue weighted by Crippen LogP contribution is 2.24. The van der Waals surface area contributed by atoms with Crippen molar-refractivity contribution >= 4 is 28.9 Å². The summed E-state index contributed by atoms with van der Waals surface area (Å²) in [5, 5.41) is 6.09. The first-order chi connectivity index (χ1) is 9.19. The fraction of sp³-hybridized carbons (Fsp3) is 0.429. The predicted molar refractivity (Wildman–Crippen MR) is 79.3 cm³/mol. The fourth-order valence-corrected chi connectivity index (χ4v) is 2.46. The molecule has 1 amide bonds. The van der Waals surface area contributed by atoms with Crippen LogP contribution in [0.2, 0.25) is 0 Å². The lowest BCUT2D eigenvalue weighted by Gasteiger charge is -2.13. The van der Waals surface area contributed by atoms with Gasteiger partial charge in [-0.15, -0.1) is 0 Å². The molecule has 1 aromatic carbocycles. The molecule has 0 aliphatic heterocycles. The van der Waals surface area contributed by atoms with E-state index in [9.17, 15) is 4.79 Å². The number of nitrogens with one attached hydrogen (secondary N) is 2. The molecule has 1 aliphatic rings. The van der Waals surface area contributed by atoms with Gasteiger partial charge in [0.15, 0.2) is 5.11 Å². The zero-order valence-corrected chi connectivity index (χ0v) is 11.8. The van der Waals surface area contributed by atoms with E-state index in [4.69, 9.17) is 17.0 Å². The molecule has 2 N–H and O–H groups in total. The van der Waals surface area contributed by atoms with Gasteiger partial charge in [-0.05, 0) is 49.3 Å². The molecule has 1 aromatic rings. The first-order valence-corrected chi connectivity index (χ1v) is 6.86. The van der Waals surface area contributed by atoms with Crippen molar-refractivity contribution in [2.75, 3.05) is 12.4 Å². The molecule has 2 rings (SSSR count). The largest absolute Gasteiger partial charge is 0.497 e. The Balaban J connectivity index is 1.84. The Labute approximate surface area is 118 Å². The van der Waals surface area contributed by atoms with Gasteiger partial charge >= 0.3 is 0 Å².